The molecular weight excluding hydrogens is 344 g/mol. The lowest BCUT2D eigenvalue weighted by molar-refractivity contribution is -0.137. The van der Waals surface area contributed by atoms with Crippen molar-refractivity contribution in [3.8, 4) is 0 Å². The number of ether oxygens (including phenoxy) is 1. The number of carbonyl (C=O) groups is 3. The molecule has 2 aromatic carbocycles. The van der Waals surface area contributed by atoms with Crippen molar-refractivity contribution in [1.82, 2.24) is 0 Å². The van der Waals surface area contributed by atoms with Crippen LogP contribution in [0.25, 0.3) is 6.08 Å². The Morgan fingerprint density at radius 2 is 1.74 bits per heavy atom. The second-order valence-corrected chi connectivity index (χ2v) is 5.87. The van der Waals surface area contributed by atoms with Crippen molar-refractivity contribution in [3.63, 3.8) is 0 Å². The molecule has 140 valence electrons. The van der Waals surface area contributed by atoms with Crippen molar-refractivity contribution in [2.24, 2.45) is 0 Å². The van der Waals surface area contributed by atoms with Crippen LogP contribution in [0.1, 0.15) is 35.3 Å². The molecule has 0 aliphatic heterocycles. The molecule has 2 N–H and O–H groups in total. The number of hydrogen-bond acceptors (Lipinski definition) is 4. The standard InChI is InChI=1S/C21H22N2O4/c1-4-27-20(25)12-8-16-6-10-18(11-7-16)23-21(26)17-9-5-14(2)19(13-17)22-15(3)24/h5-13H,4H2,1-3H3,(H,22,24)(H,23,26)/b12-8+. The summed E-state index contributed by atoms with van der Waals surface area (Å²) in [6, 6.07) is 12.2. The number of hydrogen-bond donors (Lipinski definition) is 2. The van der Waals surface area contributed by atoms with E-state index < -0.39 is 5.97 Å². The molecule has 2 amide bonds. The highest BCUT2D eigenvalue weighted by Crippen LogP contribution is 2.18. The molecule has 27 heavy (non-hydrogen) atoms. The van der Waals surface area contributed by atoms with E-state index in [2.05, 4.69) is 10.6 Å². The number of nitrogens with one attached hydrogen (secondary N) is 2. The van der Waals surface area contributed by atoms with E-state index in [1.807, 2.05) is 6.92 Å². The highest BCUT2D eigenvalue weighted by Gasteiger charge is 2.09. The van der Waals surface area contributed by atoms with Crippen LogP contribution in [0.2, 0.25) is 0 Å². The normalized spacial score (nSPS) is 10.5. The third-order valence-corrected chi connectivity index (χ3v) is 3.68. The molecule has 0 saturated carbocycles. The number of anilines is 2. The summed E-state index contributed by atoms with van der Waals surface area (Å²) in [4.78, 5) is 35.0. The van der Waals surface area contributed by atoms with Gasteiger partial charge in [-0.05, 0) is 55.3 Å². The van der Waals surface area contributed by atoms with Crippen LogP contribution in [0, 0.1) is 6.92 Å². The Labute approximate surface area is 158 Å². The van der Waals surface area contributed by atoms with E-state index in [0.717, 1.165) is 11.1 Å². The predicted molar refractivity (Wildman–Crippen MR) is 106 cm³/mol. The lowest BCUT2D eigenvalue weighted by Gasteiger charge is -2.10. The van der Waals surface area contributed by atoms with Gasteiger partial charge in [0.1, 0.15) is 0 Å². The van der Waals surface area contributed by atoms with E-state index in [1.54, 1.807) is 55.5 Å². The first kappa shape index (κ1) is 19.9. The Bertz CT molecular complexity index is 870. The molecule has 0 atom stereocenters. The number of benzene rings is 2. The summed E-state index contributed by atoms with van der Waals surface area (Å²) < 4.78 is 4.82. The molecule has 0 unspecified atom stereocenters. The van der Waals surface area contributed by atoms with Crippen LogP contribution in [0.4, 0.5) is 11.4 Å². The van der Waals surface area contributed by atoms with Crippen LogP contribution in [-0.2, 0) is 14.3 Å². The quantitative estimate of drug-likeness (QED) is 0.602. The molecule has 0 radical (unpaired) electrons. The van der Waals surface area contributed by atoms with Crippen LogP contribution < -0.4 is 10.6 Å². The minimum Gasteiger partial charge on any atom is -0.463 e. The molecule has 0 aliphatic rings. The second kappa shape index (κ2) is 9.33. The van der Waals surface area contributed by atoms with Gasteiger partial charge >= 0.3 is 5.97 Å². The van der Waals surface area contributed by atoms with Crippen LogP contribution in [0.3, 0.4) is 0 Å². The molecule has 0 heterocycles. The molecule has 0 saturated heterocycles. The summed E-state index contributed by atoms with van der Waals surface area (Å²) in [6.07, 6.45) is 3.00. The average molecular weight is 366 g/mol. The maximum Gasteiger partial charge on any atom is 0.330 e. The van der Waals surface area contributed by atoms with Gasteiger partial charge in [-0.15, -0.1) is 0 Å². The lowest BCUT2D eigenvalue weighted by Crippen LogP contribution is -2.13. The molecule has 0 spiro atoms. The molecule has 2 aromatic rings. The summed E-state index contributed by atoms with van der Waals surface area (Å²) in [5.74, 6) is -0.872. The van der Waals surface area contributed by atoms with Crippen molar-refractivity contribution in [1.29, 1.82) is 0 Å². The van der Waals surface area contributed by atoms with Gasteiger partial charge < -0.3 is 15.4 Å². The summed E-state index contributed by atoms with van der Waals surface area (Å²) in [6.45, 7) is 5.35. The molecule has 0 aromatic heterocycles. The molecule has 2 rings (SSSR count). The minimum atomic E-state index is -0.399. The first-order chi connectivity index (χ1) is 12.9. The molecule has 0 fully saturated rings. The average Bonchev–Trinajstić information content (AvgIpc) is 2.63. The Balaban J connectivity index is 2.05. The lowest BCUT2D eigenvalue weighted by atomic mass is 10.1. The zero-order chi connectivity index (χ0) is 19.8. The van der Waals surface area contributed by atoms with Gasteiger partial charge in [0.25, 0.3) is 5.91 Å². The van der Waals surface area contributed by atoms with Gasteiger partial charge in [0.15, 0.2) is 0 Å². The van der Waals surface area contributed by atoms with Crippen LogP contribution in [-0.4, -0.2) is 24.4 Å². The molecule has 0 aliphatic carbocycles. The van der Waals surface area contributed by atoms with Crippen molar-refractivity contribution in [2.75, 3.05) is 17.2 Å². The van der Waals surface area contributed by atoms with Crippen LogP contribution in [0.5, 0.6) is 0 Å². The first-order valence-corrected chi connectivity index (χ1v) is 8.53. The fraction of sp³-hybridized carbons (Fsp3) is 0.190. The largest absolute Gasteiger partial charge is 0.463 e. The Kier molecular flexibility index (Phi) is 6.88. The number of esters is 1. The van der Waals surface area contributed by atoms with Gasteiger partial charge in [-0.25, -0.2) is 4.79 Å². The number of carbonyl (C=O) groups excluding carboxylic acids is 3. The Hall–Kier alpha value is -3.41. The van der Waals surface area contributed by atoms with E-state index in [4.69, 9.17) is 4.74 Å². The summed E-state index contributed by atoms with van der Waals surface area (Å²) in [7, 11) is 0. The Morgan fingerprint density at radius 3 is 2.37 bits per heavy atom. The van der Waals surface area contributed by atoms with Crippen molar-refractivity contribution in [2.45, 2.75) is 20.8 Å². The second-order valence-electron chi connectivity index (χ2n) is 5.87. The number of rotatable bonds is 6. The topological polar surface area (TPSA) is 84.5 Å². The summed E-state index contributed by atoms with van der Waals surface area (Å²) >= 11 is 0. The maximum absolute atomic E-state index is 12.4. The van der Waals surface area contributed by atoms with E-state index in [1.165, 1.54) is 13.0 Å². The van der Waals surface area contributed by atoms with E-state index >= 15 is 0 Å². The molecule has 6 heteroatoms. The maximum atomic E-state index is 12.4. The van der Waals surface area contributed by atoms with Gasteiger partial charge in [0, 0.05) is 29.9 Å². The zero-order valence-electron chi connectivity index (χ0n) is 15.5. The summed E-state index contributed by atoms with van der Waals surface area (Å²) in [5.41, 5.74) is 3.35. The van der Waals surface area contributed by atoms with Crippen LogP contribution in [0.15, 0.2) is 48.5 Å². The highest BCUT2D eigenvalue weighted by atomic mass is 16.5. The smallest absolute Gasteiger partial charge is 0.330 e. The minimum absolute atomic E-state index is 0.192. The third-order valence-electron chi connectivity index (χ3n) is 3.68. The van der Waals surface area contributed by atoms with E-state index in [-0.39, 0.29) is 11.8 Å². The predicted octanol–water partition coefficient (Wildman–Crippen LogP) is 3.78. The van der Waals surface area contributed by atoms with Crippen molar-refractivity contribution in [3.05, 3.63) is 65.2 Å². The first-order valence-electron chi connectivity index (χ1n) is 8.53. The molecule has 6 nitrogen and oxygen atoms in total. The van der Waals surface area contributed by atoms with Gasteiger partial charge in [0.2, 0.25) is 5.91 Å². The molecular formula is C21H22N2O4. The molecule has 0 bridgehead atoms. The van der Waals surface area contributed by atoms with Gasteiger partial charge in [-0.3, -0.25) is 9.59 Å². The van der Waals surface area contributed by atoms with Crippen molar-refractivity contribution < 1.29 is 19.1 Å². The highest BCUT2D eigenvalue weighted by molar-refractivity contribution is 6.05. The van der Waals surface area contributed by atoms with Gasteiger partial charge in [0.05, 0.1) is 6.61 Å². The van der Waals surface area contributed by atoms with E-state index in [9.17, 15) is 14.4 Å². The SMILES string of the molecule is CCOC(=O)/C=C/c1ccc(NC(=O)c2ccc(C)c(NC(C)=O)c2)cc1. The number of amides is 2. The van der Waals surface area contributed by atoms with Gasteiger partial charge in [-0.2, -0.15) is 0 Å². The van der Waals surface area contributed by atoms with Crippen LogP contribution >= 0.6 is 0 Å². The van der Waals surface area contributed by atoms with Crippen molar-refractivity contribution >= 4 is 35.2 Å². The number of aryl methyl sites for hydroxylation is 1. The third kappa shape index (κ3) is 6.11. The fourth-order valence-corrected chi connectivity index (χ4v) is 2.32. The monoisotopic (exact) mass is 366 g/mol. The zero-order valence-corrected chi connectivity index (χ0v) is 15.5. The summed E-state index contributed by atoms with van der Waals surface area (Å²) in [5, 5.41) is 5.51. The Morgan fingerprint density at radius 1 is 1.04 bits per heavy atom. The van der Waals surface area contributed by atoms with Gasteiger partial charge in [-0.1, -0.05) is 18.2 Å². The van der Waals surface area contributed by atoms with E-state index in [0.29, 0.717) is 23.5 Å². The fourth-order valence-electron chi connectivity index (χ4n) is 2.32.